The van der Waals surface area contributed by atoms with Crippen LogP contribution in [0.15, 0.2) is 48.5 Å². The van der Waals surface area contributed by atoms with Crippen molar-refractivity contribution in [3.63, 3.8) is 0 Å². The molecular formula is C22H25NO6. The first-order valence-corrected chi connectivity index (χ1v) is 9.36. The Hall–Kier alpha value is -3.35. The third-order valence-corrected chi connectivity index (χ3v) is 3.67. The van der Waals surface area contributed by atoms with E-state index < -0.39 is 24.4 Å². The van der Waals surface area contributed by atoms with Crippen molar-refractivity contribution in [2.24, 2.45) is 5.92 Å². The number of imide groups is 1. The number of esters is 1. The lowest BCUT2D eigenvalue weighted by molar-refractivity contribution is -0.123. The van der Waals surface area contributed by atoms with Gasteiger partial charge >= 0.3 is 5.97 Å². The van der Waals surface area contributed by atoms with E-state index in [9.17, 15) is 14.4 Å². The van der Waals surface area contributed by atoms with Gasteiger partial charge in [-0.2, -0.15) is 0 Å². The number of hydrogen-bond acceptors (Lipinski definition) is 6. The van der Waals surface area contributed by atoms with Gasteiger partial charge in [0.05, 0.1) is 18.8 Å². The van der Waals surface area contributed by atoms with E-state index in [2.05, 4.69) is 5.32 Å². The van der Waals surface area contributed by atoms with Crippen molar-refractivity contribution in [1.29, 1.82) is 0 Å². The Morgan fingerprint density at radius 1 is 0.931 bits per heavy atom. The molecule has 0 bridgehead atoms. The molecule has 0 unspecified atom stereocenters. The highest BCUT2D eigenvalue weighted by Crippen LogP contribution is 2.29. The van der Waals surface area contributed by atoms with Gasteiger partial charge in [0.25, 0.3) is 11.8 Å². The van der Waals surface area contributed by atoms with E-state index in [1.54, 1.807) is 36.4 Å². The molecule has 0 saturated heterocycles. The van der Waals surface area contributed by atoms with Gasteiger partial charge in [0.15, 0.2) is 18.1 Å². The van der Waals surface area contributed by atoms with Crippen molar-refractivity contribution in [3.05, 3.63) is 59.7 Å². The summed E-state index contributed by atoms with van der Waals surface area (Å²) in [7, 11) is 0. The zero-order valence-corrected chi connectivity index (χ0v) is 16.8. The first-order chi connectivity index (χ1) is 13.9. The Bertz CT molecular complexity index is 848. The number of carbonyl (C=O) groups excluding carboxylic acids is 3. The molecule has 0 aliphatic rings. The van der Waals surface area contributed by atoms with E-state index in [4.69, 9.17) is 14.2 Å². The maximum absolute atomic E-state index is 12.3. The molecule has 7 nitrogen and oxygen atoms in total. The normalized spacial score (nSPS) is 10.3. The first kappa shape index (κ1) is 21.9. The summed E-state index contributed by atoms with van der Waals surface area (Å²) in [6, 6.07) is 13.0. The summed E-state index contributed by atoms with van der Waals surface area (Å²) in [6.45, 7) is 6.22. The number of ether oxygens (including phenoxy) is 3. The molecular weight excluding hydrogens is 374 g/mol. The summed E-state index contributed by atoms with van der Waals surface area (Å²) < 4.78 is 16.2. The van der Waals surface area contributed by atoms with Crippen LogP contribution in [0, 0.1) is 5.92 Å². The molecule has 2 aromatic rings. The minimum Gasteiger partial charge on any atom is -0.490 e. The highest BCUT2D eigenvalue weighted by molar-refractivity contribution is 6.05. The number of amides is 2. The van der Waals surface area contributed by atoms with E-state index in [0.29, 0.717) is 36.2 Å². The summed E-state index contributed by atoms with van der Waals surface area (Å²) in [5, 5.41) is 2.17. The third kappa shape index (κ3) is 6.95. The van der Waals surface area contributed by atoms with Gasteiger partial charge in [-0.05, 0) is 43.2 Å². The van der Waals surface area contributed by atoms with E-state index >= 15 is 0 Å². The molecule has 0 radical (unpaired) electrons. The molecule has 2 amide bonds. The van der Waals surface area contributed by atoms with Gasteiger partial charge in [0.1, 0.15) is 0 Å². The van der Waals surface area contributed by atoms with Crippen LogP contribution in [0.5, 0.6) is 11.5 Å². The Morgan fingerprint density at radius 3 is 2.31 bits per heavy atom. The fourth-order valence-electron chi connectivity index (χ4n) is 2.32. The zero-order valence-electron chi connectivity index (χ0n) is 16.8. The minimum absolute atomic E-state index is 0.215. The van der Waals surface area contributed by atoms with Crippen LogP contribution in [-0.4, -0.2) is 37.6 Å². The second-order valence-corrected chi connectivity index (χ2v) is 6.62. The predicted octanol–water partition coefficient (Wildman–Crippen LogP) is 3.23. The van der Waals surface area contributed by atoms with Gasteiger partial charge in [-0.3, -0.25) is 14.9 Å². The van der Waals surface area contributed by atoms with Gasteiger partial charge in [0.2, 0.25) is 0 Å². The number of hydrogen-bond donors (Lipinski definition) is 1. The topological polar surface area (TPSA) is 90.9 Å². The summed E-state index contributed by atoms with van der Waals surface area (Å²) in [6.07, 6.45) is 0. The SMILES string of the molecule is CCOc1cc(C(=O)OCC(=O)NC(=O)c2ccccc2)ccc1OCC(C)C. The van der Waals surface area contributed by atoms with Crippen LogP contribution < -0.4 is 14.8 Å². The number of benzene rings is 2. The highest BCUT2D eigenvalue weighted by atomic mass is 16.5. The average molecular weight is 399 g/mol. The van der Waals surface area contributed by atoms with Crippen LogP contribution in [0.2, 0.25) is 0 Å². The molecule has 0 fully saturated rings. The molecule has 0 spiro atoms. The predicted molar refractivity (Wildman–Crippen MR) is 107 cm³/mol. The highest BCUT2D eigenvalue weighted by Gasteiger charge is 2.16. The van der Waals surface area contributed by atoms with Crippen molar-refractivity contribution in [1.82, 2.24) is 5.32 Å². The van der Waals surface area contributed by atoms with Gasteiger partial charge in [-0.25, -0.2) is 4.79 Å². The van der Waals surface area contributed by atoms with Crippen LogP contribution in [0.1, 0.15) is 41.5 Å². The second-order valence-electron chi connectivity index (χ2n) is 6.62. The summed E-state index contributed by atoms with van der Waals surface area (Å²) in [5.41, 5.74) is 0.554. The van der Waals surface area contributed by atoms with Gasteiger partial charge < -0.3 is 14.2 Å². The van der Waals surface area contributed by atoms with E-state index in [1.807, 2.05) is 20.8 Å². The fraction of sp³-hybridized carbons (Fsp3) is 0.318. The van der Waals surface area contributed by atoms with Gasteiger partial charge in [-0.15, -0.1) is 0 Å². The van der Waals surface area contributed by atoms with E-state index in [-0.39, 0.29) is 5.56 Å². The molecule has 0 atom stereocenters. The molecule has 2 rings (SSSR count). The largest absolute Gasteiger partial charge is 0.490 e. The lowest BCUT2D eigenvalue weighted by Crippen LogP contribution is -2.34. The molecule has 0 aromatic heterocycles. The zero-order chi connectivity index (χ0) is 21.2. The Labute approximate surface area is 170 Å². The van der Waals surface area contributed by atoms with Crippen LogP contribution in [0.4, 0.5) is 0 Å². The molecule has 0 heterocycles. The van der Waals surface area contributed by atoms with E-state index in [0.717, 1.165) is 0 Å². The fourth-order valence-corrected chi connectivity index (χ4v) is 2.32. The van der Waals surface area contributed by atoms with Crippen LogP contribution in [0.25, 0.3) is 0 Å². The number of nitrogens with one attached hydrogen (secondary N) is 1. The van der Waals surface area contributed by atoms with Gasteiger partial charge in [0, 0.05) is 5.56 Å². The van der Waals surface area contributed by atoms with Crippen LogP contribution in [0.3, 0.4) is 0 Å². The van der Waals surface area contributed by atoms with Crippen molar-refractivity contribution < 1.29 is 28.6 Å². The molecule has 154 valence electrons. The quantitative estimate of drug-likeness (QED) is 0.651. The summed E-state index contributed by atoms with van der Waals surface area (Å²) in [5.74, 6) is -0.685. The van der Waals surface area contributed by atoms with Crippen molar-refractivity contribution in [2.45, 2.75) is 20.8 Å². The summed E-state index contributed by atoms with van der Waals surface area (Å²) in [4.78, 5) is 36.1. The minimum atomic E-state index is -0.714. The molecule has 2 aromatic carbocycles. The van der Waals surface area contributed by atoms with Crippen LogP contribution in [-0.2, 0) is 9.53 Å². The lowest BCUT2D eigenvalue weighted by Gasteiger charge is -2.14. The van der Waals surface area contributed by atoms with E-state index in [1.165, 1.54) is 12.1 Å². The van der Waals surface area contributed by atoms with Crippen LogP contribution >= 0.6 is 0 Å². The molecule has 0 aliphatic heterocycles. The standard InChI is InChI=1S/C22H25NO6/c1-4-27-19-12-17(10-11-18(19)28-13-15(2)3)22(26)29-14-20(24)23-21(25)16-8-6-5-7-9-16/h5-12,15H,4,13-14H2,1-3H3,(H,23,24,25). The monoisotopic (exact) mass is 399 g/mol. The molecule has 29 heavy (non-hydrogen) atoms. The first-order valence-electron chi connectivity index (χ1n) is 9.36. The van der Waals surface area contributed by atoms with Crippen molar-refractivity contribution in [2.75, 3.05) is 19.8 Å². The third-order valence-electron chi connectivity index (χ3n) is 3.67. The number of carbonyl (C=O) groups is 3. The summed E-state index contributed by atoms with van der Waals surface area (Å²) >= 11 is 0. The molecule has 0 aliphatic carbocycles. The second kappa shape index (κ2) is 10.8. The van der Waals surface area contributed by atoms with Gasteiger partial charge in [-0.1, -0.05) is 32.0 Å². The lowest BCUT2D eigenvalue weighted by atomic mass is 10.2. The Morgan fingerprint density at radius 2 is 1.66 bits per heavy atom. The molecule has 7 heteroatoms. The van der Waals surface area contributed by atoms with Crippen molar-refractivity contribution in [3.8, 4) is 11.5 Å². The molecule has 0 saturated carbocycles. The maximum atomic E-state index is 12.3. The Kier molecular flexibility index (Phi) is 8.21. The average Bonchev–Trinajstić information content (AvgIpc) is 2.71. The smallest absolute Gasteiger partial charge is 0.338 e. The molecule has 1 N–H and O–H groups in total. The number of rotatable bonds is 9. The maximum Gasteiger partial charge on any atom is 0.338 e. The Balaban J connectivity index is 1.94. The van der Waals surface area contributed by atoms with Crippen molar-refractivity contribution >= 4 is 17.8 Å².